The summed E-state index contributed by atoms with van der Waals surface area (Å²) in [5.41, 5.74) is 3.13. The first-order valence-corrected chi connectivity index (χ1v) is 9.17. The molecule has 134 valence electrons. The van der Waals surface area contributed by atoms with Crippen LogP contribution in [0.1, 0.15) is 36.9 Å². The predicted molar refractivity (Wildman–Crippen MR) is 105 cm³/mol. The highest BCUT2D eigenvalue weighted by molar-refractivity contribution is 6.30. The number of benzene rings is 2. The number of nitrogens with zero attached hydrogens (tertiary/aromatic N) is 2. The van der Waals surface area contributed by atoms with Crippen molar-refractivity contribution in [3.63, 3.8) is 0 Å². The van der Waals surface area contributed by atoms with E-state index in [2.05, 4.69) is 17.3 Å². The lowest BCUT2D eigenvalue weighted by Gasteiger charge is -2.17. The van der Waals surface area contributed by atoms with Crippen molar-refractivity contribution in [1.29, 1.82) is 0 Å². The molecule has 1 atom stereocenters. The molecule has 0 radical (unpaired) electrons. The predicted octanol–water partition coefficient (Wildman–Crippen LogP) is 4.73. The Morgan fingerprint density at radius 3 is 2.58 bits per heavy atom. The lowest BCUT2D eigenvalue weighted by Crippen LogP contribution is -2.28. The van der Waals surface area contributed by atoms with Crippen LogP contribution >= 0.6 is 11.6 Å². The largest absolute Gasteiger partial charge is 0.349 e. The number of carbonyl (C=O) groups is 1. The summed E-state index contributed by atoms with van der Waals surface area (Å²) in [5.74, 6) is 0.0410. The summed E-state index contributed by atoms with van der Waals surface area (Å²) in [7, 11) is 0. The molecule has 2 aromatic carbocycles. The molecule has 0 aliphatic rings. The van der Waals surface area contributed by atoms with Crippen LogP contribution in [0.4, 0.5) is 0 Å². The van der Waals surface area contributed by atoms with Gasteiger partial charge in [-0.05, 0) is 48.2 Å². The lowest BCUT2D eigenvalue weighted by molar-refractivity contribution is -0.121. The zero-order valence-electron chi connectivity index (χ0n) is 14.7. The highest BCUT2D eigenvalue weighted by Crippen LogP contribution is 2.19. The first-order chi connectivity index (χ1) is 12.7. The van der Waals surface area contributed by atoms with E-state index in [-0.39, 0.29) is 11.9 Å². The lowest BCUT2D eigenvalue weighted by atomic mass is 10.0. The summed E-state index contributed by atoms with van der Waals surface area (Å²) < 4.78 is 1.83. The van der Waals surface area contributed by atoms with Crippen LogP contribution in [-0.2, 0) is 11.2 Å². The standard InChI is InChI=1S/C21H22ClN3O/c1-2-20(17-9-11-18(22)12-10-17)24-21(26)13-8-16-14-23-25(15-16)19-6-4-3-5-7-19/h3-7,9-12,14-15,20H,2,8,13H2,1H3,(H,24,26). The second-order valence-corrected chi connectivity index (χ2v) is 6.65. The van der Waals surface area contributed by atoms with Gasteiger partial charge in [0.05, 0.1) is 17.9 Å². The number of rotatable bonds is 7. The van der Waals surface area contributed by atoms with Crippen molar-refractivity contribution < 1.29 is 4.79 Å². The van der Waals surface area contributed by atoms with Crippen LogP contribution in [0.2, 0.25) is 5.02 Å². The minimum Gasteiger partial charge on any atom is -0.349 e. The van der Waals surface area contributed by atoms with Gasteiger partial charge in [-0.3, -0.25) is 4.79 Å². The second kappa shape index (κ2) is 8.68. The fourth-order valence-corrected chi connectivity index (χ4v) is 2.98. The summed E-state index contributed by atoms with van der Waals surface area (Å²) in [6.07, 6.45) is 5.72. The first-order valence-electron chi connectivity index (χ1n) is 8.79. The van der Waals surface area contributed by atoms with Gasteiger partial charge in [0.25, 0.3) is 0 Å². The molecule has 0 aliphatic heterocycles. The van der Waals surface area contributed by atoms with Crippen LogP contribution in [-0.4, -0.2) is 15.7 Å². The van der Waals surface area contributed by atoms with E-state index in [1.54, 1.807) is 0 Å². The van der Waals surface area contributed by atoms with Crippen LogP contribution in [0.25, 0.3) is 5.69 Å². The van der Waals surface area contributed by atoms with E-state index in [1.807, 2.05) is 71.7 Å². The number of carbonyl (C=O) groups excluding carboxylic acids is 1. The third kappa shape index (κ3) is 4.73. The molecular weight excluding hydrogens is 346 g/mol. The first kappa shape index (κ1) is 18.2. The van der Waals surface area contributed by atoms with Crippen molar-refractivity contribution in [2.45, 2.75) is 32.2 Å². The maximum atomic E-state index is 12.3. The van der Waals surface area contributed by atoms with Gasteiger partial charge in [0.2, 0.25) is 5.91 Å². The molecule has 1 unspecified atom stereocenters. The highest BCUT2D eigenvalue weighted by Gasteiger charge is 2.13. The molecule has 5 heteroatoms. The minimum absolute atomic E-state index is 0.00630. The Balaban J connectivity index is 1.55. The van der Waals surface area contributed by atoms with Crippen LogP contribution in [0.15, 0.2) is 67.0 Å². The molecule has 26 heavy (non-hydrogen) atoms. The third-order valence-corrected chi connectivity index (χ3v) is 4.57. The van der Waals surface area contributed by atoms with E-state index < -0.39 is 0 Å². The summed E-state index contributed by atoms with van der Waals surface area (Å²) in [4.78, 5) is 12.3. The third-order valence-electron chi connectivity index (χ3n) is 4.31. The Bertz CT molecular complexity index is 843. The van der Waals surface area contributed by atoms with E-state index >= 15 is 0 Å². The quantitative estimate of drug-likeness (QED) is 0.656. The Hall–Kier alpha value is -2.59. The molecular formula is C21H22ClN3O. The van der Waals surface area contributed by atoms with Gasteiger partial charge in [0, 0.05) is 17.6 Å². The van der Waals surface area contributed by atoms with Gasteiger partial charge in [0.15, 0.2) is 0 Å². The number of aromatic nitrogens is 2. The maximum absolute atomic E-state index is 12.3. The smallest absolute Gasteiger partial charge is 0.220 e. The van der Waals surface area contributed by atoms with Gasteiger partial charge in [-0.25, -0.2) is 4.68 Å². The average Bonchev–Trinajstić information content (AvgIpc) is 3.15. The monoisotopic (exact) mass is 367 g/mol. The van der Waals surface area contributed by atoms with Gasteiger partial charge >= 0.3 is 0 Å². The molecule has 0 fully saturated rings. The van der Waals surface area contributed by atoms with Gasteiger partial charge < -0.3 is 5.32 Å². The molecule has 3 rings (SSSR count). The van der Waals surface area contributed by atoms with Crippen molar-refractivity contribution in [3.05, 3.63) is 83.1 Å². The molecule has 0 saturated carbocycles. The van der Waals surface area contributed by atoms with E-state index in [0.717, 1.165) is 23.2 Å². The molecule has 0 bridgehead atoms. The number of nitrogens with one attached hydrogen (secondary N) is 1. The molecule has 1 heterocycles. The SMILES string of the molecule is CCC(NC(=O)CCc1cnn(-c2ccccc2)c1)c1ccc(Cl)cc1. The summed E-state index contributed by atoms with van der Waals surface area (Å²) >= 11 is 5.93. The van der Waals surface area contributed by atoms with E-state index in [0.29, 0.717) is 17.9 Å². The Kier molecular flexibility index (Phi) is 6.08. The van der Waals surface area contributed by atoms with Crippen molar-refractivity contribution in [3.8, 4) is 5.69 Å². The number of para-hydroxylation sites is 1. The van der Waals surface area contributed by atoms with Crippen LogP contribution < -0.4 is 5.32 Å². The molecule has 1 amide bonds. The van der Waals surface area contributed by atoms with Crippen molar-refractivity contribution in [2.75, 3.05) is 0 Å². The molecule has 1 N–H and O–H groups in total. The fourth-order valence-electron chi connectivity index (χ4n) is 2.85. The summed E-state index contributed by atoms with van der Waals surface area (Å²) in [5, 5.41) is 8.17. The van der Waals surface area contributed by atoms with Gasteiger partial charge in [0.1, 0.15) is 0 Å². The van der Waals surface area contributed by atoms with Crippen LogP contribution in [0.3, 0.4) is 0 Å². The van der Waals surface area contributed by atoms with Crippen molar-refractivity contribution in [2.24, 2.45) is 0 Å². The molecule has 0 spiro atoms. The van der Waals surface area contributed by atoms with Gasteiger partial charge in [-0.1, -0.05) is 48.9 Å². The highest BCUT2D eigenvalue weighted by atomic mass is 35.5. The van der Waals surface area contributed by atoms with Crippen LogP contribution in [0.5, 0.6) is 0 Å². The minimum atomic E-state index is 0.00630. The number of hydrogen-bond donors (Lipinski definition) is 1. The molecule has 1 aromatic heterocycles. The topological polar surface area (TPSA) is 46.9 Å². The molecule has 0 aliphatic carbocycles. The summed E-state index contributed by atoms with van der Waals surface area (Å²) in [6.45, 7) is 2.06. The Labute approximate surface area is 158 Å². The number of aryl methyl sites for hydroxylation is 1. The maximum Gasteiger partial charge on any atom is 0.220 e. The zero-order chi connectivity index (χ0) is 18.4. The number of halogens is 1. The summed E-state index contributed by atoms with van der Waals surface area (Å²) in [6, 6.07) is 17.6. The molecule has 3 aromatic rings. The van der Waals surface area contributed by atoms with E-state index in [9.17, 15) is 4.79 Å². The van der Waals surface area contributed by atoms with E-state index in [4.69, 9.17) is 11.6 Å². The molecule has 0 saturated heterocycles. The van der Waals surface area contributed by atoms with E-state index in [1.165, 1.54) is 0 Å². The average molecular weight is 368 g/mol. The number of hydrogen-bond acceptors (Lipinski definition) is 2. The second-order valence-electron chi connectivity index (χ2n) is 6.21. The zero-order valence-corrected chi connectivity index (χ0v) is 15.5. The molecule has 4 nitrogen and oxygen atoms in total. The van der Waals surface area contributed by atoms with Crippen LogP contribution in [0, 0.1) is 0 Å². The Morgan fingerprint density at radius 2 is 1.88 bits per heavy atom. The normalized spacial score (nSPS) is 11.9. The Morgan fingerprint density at radius 1 is 1.15 bits per heavy atom. The fraction of sp³-hybridized carbons (Fsp3) is 0.238. The van der Waals surface area contributed by atoms with Gasteiger partial charge in [-0.2, -0.15) is 5.10 Å². The van der Waals surface area contributed by atoms with Crippen molar-refractivity contribution in [1.82, 2.24) is 15.1 Å². The van der Waals surface area contributed by atoms with Gasteiger partial charge in [-0.15, -0.1) is 0 Å². The van der Waals surface area contributed by atoms with Crippen molar-refractivity contribution >= 4 is 17.5 Å². The number of amides is 1.